The van der Waals surface area contributed by atoms with Crippen molar-refractivity contribution in [1.29, 1.82) is 5.26 Å². The van der Waals surface area contributed by atoms with E-state index in [0.29, 0.717) is 15.7 Å². The van der Waals surface area contributed by atoms with Crippen molar-refractivity contribution in [3.63, 3.8) is 0 Å². The second-order valence-electron chi connectivity index (χ2n) is 9.21. The van der Waals surface area contributed by atoms with Crippen molar-refractivity contribution in [1.82, 2.24) is 0 Å². The summed E-state index contributed by atoms with van der Waals surface area (Å²) in [4.78, 5) is 29.7. The standard InChI is InChI=1S/C30H22N4O2S3/c31-17-24-23-15-10-18-6-4-5-9-22(18)27(23)39-29(24)34-26(35)16-25(28(34)36)38-21-13-11-20(12-14-21)33-30(37)32-19-7-2-1-3-8-19/h1-9,11-14,25H,10,15-16H2,(H2,32,33,37)/t25-/m1/s1. The number of thiophene rings is 1. The molecular formula is C30H22N4O2S3. The minimum Gasteiger partial charge on any atom is -0.332 e. The van der Waals surface area contributed by atoms with Gasteiger partial charge >= 0.3 is 0 Å². The molecule has 1 fully saturated rings. The number of amides is 2. The summed E-state index contributed by atoms with van der Waals surface area (Å²) in [5, 5.41) is 16.7. The lowest BCUT2D eigenvalue weighted by Crippen LogP contribution is -2.31. The third-order valence-electron chi connectivity index (χ3n) is 6.74. The predicted octanol–water partition coefficient (Wildman–Crippen LogP) is 6.62. The summed E-state index contributed by atoms with van der Waals surface area (Å²) in [5.41, 5.74) is 5.41. The molecule has 0 unspecified atom stereocenters. The minimum absolute atomic E-state index is 0.0958. The number of carbonyl (C=O) groups excluding carboxylic acids is 2. The van der Waals surface area contributed by atoms with Gasteiger partial charge in [0.15, 0.2) is 5.11 Å². The molecule has 1 aliphatic carbocycles. The van der Waals surface area contributed by atoms with Gasteiger partial charge in [0.05, 0.1) is 10.8 Å². The van der Waals surface area contributed by atoms with Crippen molar-refractivity contribution < 1.29 is 9.59 Å². The highest BCUT2D eigenvalue weighted by Crippen LogP contribution is 2.48. The average molecular weight is 567 g/mol. The van der Waals surface area contributed by atoms with E-state index in [1.165, 1.54) is 33.6 Å². The number of hydrogen-bond acceptors (Lipinski definition) is 6. The summed E-state index contributed by atoms with van der Waals surface area (Å²) < 4.78 is 0. The number of anilines is 3. The topological polar surface area (TPSA) is 85.2 Å². The van der Waals surface area contributed by atoms with Crippen LogP contribution in [0.5, 0.6) is 0 Å². The molecular weight excluding hydrogens is 545 g/mol. The number of thioether (sulfide) groups is 1. The second kappa shape index (κ2) is 10.7. The normalized spacial score (nSPS) is 15.9. The van der Waals surface area contributed by atoms with Crippen LogP contribution in [0.2, 0.25) is 0 Å². The third kappa shape index (κ3) is 4.94. The fourth-order valence-corrected chi connectivity index (χ4v) is 7.58. The molecule has 6 nitrogen and oxygen atoms in total. The fraction of sp³-hybridized carbons (Fsp3) is 0.133. The molecule has 39 heavy (non-hydrogen) atoms. The summed E-state index contributed by atoms with van der Waals surface area (Å²) in [7, 11) is 0. The number of benzene rings is 3. The highest BCUT2D eigenvalue weighted by Gasteiger charge is 2.43. The molecule has 0 saturated carbocycles. The van der Waals surface area contributed by atoms with Crippen LogP contribution >= 0.6 is 35.3 Å². The number of aryl methyl sites for hydroxylation is 1. The average Bonchev–Trinajstić information content (AvgIpc) is 3.45. The van der Waals surface area contributed by atoms with Crippen LogP contribution in [0, 0.1) is 11.3 Å². The first kappa shape index (κ1) is 25.3. The van der Waals surface area contributed by atoms with E-state index in [0.717, 1.165) is 45.1 Å². The Morgan fingerprint density at radius 2 is 1.64 bits per heavy atom. The summed E-state index contributed by atoms with van der Waals surface area (Å²) in [6, 6.07) is 27.7. The lowest BCUT2D eigenvalue weighted by atomic mass is 9.89. The lowest BCUT2D eigenvalue weighted by Gasteiger charge is -2.15. The summed E-state index contributed by atoms with van der Waals surface area (Å²) in [6.45, 7) is 0. The highest BCUT2D eigenvalue weighted by molar-refractivity contribution is 8.00. The number of hydrogen-bond donors (Lipinski definition) is 2. The van der Waals surface area contributed by atoms with E-state index < -0.39 is 5.25 Å². The highest BCUT2D eigenvalue weighted by atomic mass is 32.2. The Kier molecular flexibility index (Phi) is 6.92. The molecule has 0 radical (unpaired) electrons. The maximum Gasteiger partial charge on any atom is 0.248 e. The van der Waals surface area contributed by atoms with E-state index >= 15 is 0 Å². The van der Waals surface area contributed by atoms with Crippen LogP contribution in [0.15, 0.2) is 83.8 Å². The first-order valence-corrected chi connectivity index (χ1v) is 14.5. The van der Waals surface area contributed by atoms with E-state index in [-0.39, 0.29) is 18.2 Å². The van der Waals surface area contributed by atoms with E-state index in [2.05, 4.69) is 22.8 Å². The first-order chi connectivity index (χ1) is 19.0. The van der Waals surface area contributed by atoms with Gasteiger partial charge in [0.1, 0.15) is 11.1 Å². The van der Waals surface area contributed by atoms with Crippen LogP contribution in [0.1, 0.15) is 23.1 Å². The molecule has 2 heterocycles. The first-order valence-electron chi connectivity index (χ1n) is 12.4. The predicted molar refractivity (Wildman–Crippen MR) is 161 cm³/mol. The van der Waals surface area contributed by atoms with Gasteiger partial charge in [-0.05, 0) is 78.1 Å². The van der Waals surface area contributed by atoms with Crippen LogP contribution < -0.4 is 15.5 Å². The number of imide groups is 1. The van der Waals surface area contributed by atoms with E-state index in [4.69, 9.17) is 12.2 Å². The second-order valence-corrected chi connectivity index (χ2v) is 11.9. The van der Waals surface area contributed by atoms with Gasteiger partial charge in [-0.2, -0.15) is 5.26 Å². The molecule has 1 atom stereocenters. The molecule has 0 spiro atoms. The Hall–Kier alpha value is -3.97. The van der Waals surface area contributed by atoms with Crippen LogP contribution in [-0.2, 0) is 22.4 Å². The van der Waals surface area contributed by atoms with Crippen LogP contribution in [0.4, 0.5) is 16.4 Å². The van der Waals surface area contributed by atoms with Crippen molar-refractivity contribution in [2.75, 3.05) is 15.5 Å². The number of nitrogens with zero attached hydrogens (tertiary/aromatic N) is 2. The van der Waals surface area contributed by atoms with Crippen LogP contribution in [0.25, 0.3) is 10.4 Å². The van der Waals surface area contributed by atoms with Gasteiger partial charge in [-0.25, -0.2) is 4.90 Å². The zero-order valence-corrected chi connectivity index (χ0v) is 23.1. The molecule has 1 saturated heterocycles. The number of thiocarbonyl (C=S) groups is 1. The molecule has 2 aliphatic rings. The van der Waals surface area contributed by atoms with Gasteiger partial charge in [0.25, 0.3) is 0 Å². The maximum absolute atomic E-state index is 13.5. The van der Waals surface area contributed by atoms with Gasteiger partial charge in [-0.3, -0.25) is 9.59 Å². The minimum atomic E-state index is -0.546. The zero-order valence-electron chi connectivity index (χ0n) is 20.6. The molecule has 3 aromatic carbocycles. The molecule has 2 amide bonds. The lowest BCUT2D eigenvalue weighted by molar-refractivity contribution is -0.121. The Morgan fingerprint density at radius 1 is 0.949 bits per heavy atom. The maximum atomic E-state index is 13.5. The number of carbonyl (C=O) groups is 2. The van der Waals surface area contributed by atoms with Crippen molar-refractivity contribution in [2.45, 2.75) is 29.4 Å². The zero-order chi connectivity index (χ0) is 26.9. The van der Waals surface area contributed by atoms with E-state index in [9.17, 15) is 14.9 Å². The molecule has 6 rings (SSSR count). The summed E-state index contributed by atoms with van der Waals surface area (Å²) in [6.07, 6.45) is 1.66. The Morgan fingerprint density at radius 3 is 2.38 bits per heavy atom. The van der Waals surface area contributed by atoms with Crippen molar-refractivity contribution in [3.05, 3.63) is 95.6 Å². The Balaban J connectivity index is 1.16. The molecule has 9 heteroatoms. The number of rotatable bonds is 5. The van der Waals surface area contributed by atoms with Gasteiger partial charge in [0.2, 0.25) is 11.8 Å². The number of nitrogens with one attached hydrogen (secondary N) is 2. The third-order valence-corrected chi connectivity index (χ3v) is 9.39. The van der Waals surface area contributed by atoms with E-state index in [1.807, 2.05) is 72.8 Å². The Labute approximate surface area is 239 Å². The molecule has 0 bridgehead atoms. The molecule has 4 aromatic rings. The van der Waals surface area contributed by atoms with Gasteiger partial charge in [-0.15, -0.1) is 23.1 Å². The van der Waals surface area contributed by atoms with Gasteiger partial charge < -0.3 is 10.6 Å². The van der Waals surface area contributed by atoms with Gasteiger partial charge in [0, 0.05) is 27.6 Å². The van der Waals surface area contributed by atoms with Crippen molar-refractivity contribution in [3.8, 4) is 16.5 Å². The monoisotopic (exact) mass is 566 g/mol. The number of nitriles is 1. The molecule has 1 aliphatic heterocycles. The van der Waals surface area contributed by atoms with Crippen LogP contribution in [-0.4, -0.2) is 22.2 Å². The van der Waals surface area contributed by atoms with Crippen molar-refractivity contribution >= 4 is 68.6 Å². The SMILES string of the molecule is N#Cc1c(N2C(=O)C[C@@H](Sc3ccc(NC(=S)Nc4ccccc4)cc3)C2=O)sc2c1CCc1ccccc1-2. The number of fused-ring (bicyclic) bond motifs is 3. The summed E-state index contributed by atoms with van der Waals surface area (Å²) >= 11 is 8.13. The smallest absolute Gasteiger partial charge is 0.248 e. The van der Waals surface area contributed by atoms with Crippen molar-refractivity contribution in [2.24, 2.45) is 0 Å². The van der Waals surface area contributed by atoms with E-state index in [1.54, 1.807) is 0 Å². The molecule has 192 valence electrons. The number of para-hydroxylation sites is 1. The van der Waals surface area contributed by atoms with Gasteiger partial charge in [-0.1, -0.05) is 42.5 Å². The Bertz CT molecular complexity index is 1640. The summed E-state index contributed by atoms with van der Waals surface area (Å²) in [5.74, 6) is -0.541. The largest absolute Gasteiger partial charge is 0.332 e. The fourth-order valence-electron chi connectivity index (χ4n) is 4.91. The molecule has 1 aromatic heterocycles. The molecule has 2 N–H and O–H groups in total. The quantitative estimate of drug-likeness (QED) is 0.207. The van der Waals surface area contributed by atoms with Crippen LogP contribution in [0.3, 0.4) is 0 Å².